The fraction of sp³-hybridized carbons (Fsp3) is 0.300. The Balaban J connectivity index is 2.18. The predicted molar refractivity (Wildman–Crippen MR) is 54.1 cm³/mol. The number of aromatic nitrogens is 3. The Morgan fingerprint density at radius 3 is 2.81 bits per heavy atom. The van der Waals surface area contributed by atoms with Crippen LogP contribution in [0.15, 0.2) is 12.1 Å². The number of nitriles is 1. The van der Waals surface area contributed by atoms with Gasteiger partial charge in [-0.05, 0) is 0 Å². The van der Waals surface area contributed by atoms with E-state index in [1.165, 1.54) is 4.68 Å². The molecular formula is C10H8N4O2. The van der Waals surface area contributed by atoms with Crippen molar-refractivity contribution in [1.82, 2.24) is 15.0 Å². The summed E-state index contributed by atoms with van der Waals surface area (Å²) in [6.07, 6.45) is 0. The molecule has 0 fully saturated rings. The lowest BCUT2D eigenvalue weighted by Crippen LogP contribution is -2.15. The largest absolute Gasteiger partial charge is 0.486 e. The summed E-state index contributed by atoms with van der Waals surface area (Å²) >= 11 is 0. The molecule has 3 rings (SSSR count). The zero-order chi connectivity index (χ0) is 11.0. The van der Waals surface area contributed by atoms with Crippen molar-refractivity contribution < 1.29 is 9.47 Å². The second-order valence-corrected chi connectivity index (χ2v) is 3.39. The number of hydrogen-bond acceptors (Lipinski definition) is 5. The van der Waals surface area contributed by atoms with Gasteiger partial charge in [-0.2, -0.15) is 5.26 Å². The molecule has 0 atom stereocenters. The Kier molecular flexibility index (Phi) is 1.90. The molecule has 0 spiro atoms. The zero-order valence-corrected chi connectivity index (χ0v) is 8.38. The monoisotopic (exact) mass is 216 g/mol. The third-order valence-corrected chi connectivity index (χ3v) is 2.40. The van der Waals surface area contributed by atoms with Crippen molar-refractivity contribution >= 4 is 11.0 Å². The van der Waals surface area contributed by atoms with Crippen LogP contribution in [0.3, 0.4) is 0 Å². The minimum Gasteiger partial charge on any atom is -0.486 e. The Bertz CT molecular complexity index is 584. The lowest BCUT2D eigenvalue weighted by molar-refractivity contribution is 0.172. The summed E-state index contributed by atoms with van der Waals surface area (Å²) in [4.78, 5) is 0. The topological polar surface area (TPSA) is 73.0 Å². The molecule has 1 aromatic heterocycles. The molecule has 16 heavy (non-hydrogen) atoms. The van der Waals surface area contributed by atoms with Crippen molar-refractivity contribution in [2.45, 2.75) is 6.54 Å². The van der Waals surface area contributed by atoms with Crippen LogP contribution < -0.4 is 9.47 Å². The van der Waals surface area contributed by atoms with Crippen molar-refractivity contribution in [2.24, 2.45) is 0 Å². The highest BCUT2D eigenvalue weighted by Gasteiger charge is 2.15. The Labute approximate surface area is 91.0 Å². The maximum absolute atomic E-state index is 8.64. The van der Waals surface area contributed by atoms with Gasteiger partial charge >= 0.3 is 0 Å². The van der Waals surface area contributed by atoms with E-state index in [9.17, 15) is 0 Å². The van der Waals surface area contributed by atoms with Gasteiger partial charge in [0.25, 0.3) is 0 Å². The van der Waals surface area contributed by atoms with Crippen LogP contribution in [0.2, 0.25) is 0 Å². The van der Waals surface area contributed by atoms with Gasteiger partial charge in [-0.1, -0.05) is 5.21 Å². The third-order valence-electron chi connectivity index (χ3n) is 2.40. The van der Waals surface area contributed by atoms with E-state index in [4.69, 9.17) is 14.7 Å². The SMILES string of the molecule is N#CCn1nnc2cc3c(cc21)OCCO3. The predicted octanol–water partition coefficient (Wildman–Crippen LogP) is 0.726. The average molecular weight is 216 g/mol. The Hall–Kier alpha value is -2.29. The molecule has 6 nitrogen and oxygen atoms in total. The number of hydrogen-bond donors (Lipinski definition) is 0. The zero-order valence-electron chi connectivity index (χ0n) is 8.38. The van der Waals surface area contributed by atoms with Crippen molar-refractivity contribution in [3.63, 3.8) is 0 Å². The van der Waals surface area contributed by atoms with E-state index in [0.717, 1.165) is 5.52 Å². The molecule has 0 radical (unpaired) electrons. The molecule has 1 aromatic carbocycles. The van der Waals surface area contributed by atoms with E-state index >= 15 is 0 Å². The van der Waals surface area contributed by atoms with Crippen LogP contribution in [0.5, 0.6) is 11.5 Å². The Morgan fingerprint density at radius 1 is 1.31 bits per heavy atom. The minimum absolute atomic E-state index is 0.177. The summed E-state index contributed by atoms with van der Waals surface area (Å²) in [5.74, 6) is 1.36. The molecule has 0 amide bonds. The number of benzene rings is 1. The minimum atomic E-state index is 0.177. The highest BCUT2D eigenvalue weighted by atomic mass is 16.6. The van der Waals surface area contributed by atoms with Gasteiger partial charge in [-0.25, -0.2) is 4.68 Å². The summed E-state index contributed by atoms with van der Waals surface area (Å²) in [5.41, 5.74) is 1.49. The second kappa shape index (κ2) is 3.38. The summed E-state index contributed by atoms with van der Waals surface area (Å²) in [5, 5.41) is 16.5. The van der Waals surface area contributed by atoms with Gasteiger partial charge < -0.3 is 9.47 Å². The highest BCUT2D eigenvalue weighted by Crippen LogP contribution is 2.33. The van der Waals surface area contributed by atoms with Gasteiger partial charge in [0.15, 0.2) is 11.5 Å². The van der Waals surface area contributed by atoms with Gasteiger partial charge in [-0.15, -0.1) is 5.10 Å². The first kappa shape index (κ1) is 8.97. The molecule has 0 aliphatic carbocycles. The first-order valence-electron chi connectivity index (χ1n) is 4.88. The van der Waals surface area contributed by atoms with Crippen LogP contribution in [0, 0.1) is 11.3 Å². The van der Waals surface area contributed by atoms with Crippen LogP contribution in [0.1, 0.15) is 0 Å². The van der Waals surface area contributed by atoms with Crippen molar-refractivity contribution in [2.75, 3.05) is 13.2 Å². The van der Waals surface area contributed by atoms with E-state index in [1.807, 2.05) is 6.07 Å². The lowest BCUT2D eigenvalue weighted by Gasteiger charge is -2.17. The molecule has 0 saturated carbocycles. The molecule has 2 aromatic rings. The average Bonchev–Trinajstić information content (AvgIpc) is 2.70. The van der Waals surface area contributed by atoms with Crippen LogP contribution in [0.25, 0.3) is 11.0 Å². The molecule has 0 unspecified atom stereocenters. The normalized spacial score (nSPS) is 13.7. The standard InChI is InChI=1S/C10H8N4O2/c11-1-2-14-8-6-10-9(15-3-4-16-10)5-7(8)12-13-14/h5-6H,2-4H2. The molecule has 2 heterocycles. The number of nitrogens with zero attached hydrogens (tertiary/aromatic N) is 4. The highest BCUT2D eigenvalue weighted by molar-refractivity contribution is 5.79. The maximum Gasteiger partial charge on any atom is 0.163 e. The first-order valence-corrected chi connectivity index (χ1v) is 4.88. The van der Waals surface area contributed by atoms with E-state index < -0.39 is 0 Å². The molecule has 1 aliphatic heterocycles. The summed E-state index contributed by atoms with van der Waals surface area (Å²) in [6, 6.07) is 5.62. The van der Waals surface area contributed by atoms with Crippen LogP contribution in [-0.4, -0.2) is 28.2 Å². The molecular weight excluding hydrogens is 208 g/mol. The van der Waals surface area contributed by atoms with Crippen LogP contribution >= 0.6 is 0 Å². The number of rotatable bonds is 1. The van der Waals surface area contributed by atoms with Gasteiger partial charge in [0, 0.05) is 12.1 Å². The fourth-order valence-electron chi connectivity index (χ4n) is 1.69. The third kappa shape index (κ3) is 1.26. The van der Waals surface area contributed by atoms with E-state index in [2.05, 4.69) is 10.3 Å². The smallest absolute Gasteiger partial charge is 0.163 e. The fourth-order valence-corrected chi connectivity index (χ4v) is 1.69. The molecule has 80 valence electrons. The number of fused-ring (bicyclic) bond motifs is 2. The van der Waals surface area contributed by atoms with Gasteiger partial charge in [-0.3, -0.25) is 0 Å². The van der Waals surface area contributed by atoms with Crippen molar-refractivity contribution in [1.29, 1.82) is 5.26 Å². The van der Waals surface area contributed by atoms with Crippen molar-refractivity contribution in [3.8, 4) is 17.6 Å². The van der Waals surface area contributed by atoms with Crippen LogP contribution in [-0.2, 0) is 6.54 Å². The van der Waals surface area contributed by atoms with E-state index in [0.29, 0.717) is 30.2 Å². The van der Waals surface area contributed by atoms with E-state index in [-0.39, 0.29) is 6.54 Å². The summed E-state index contributed by atoms with van der Waals surface area (Å²) < 4.78 is 12.4. The lowest BCUT2D eigenvalue weighted by atomic mass is 10.2. The van der Waals surface area contributed by atoms with Crippen molar-refractivity contribution in [3.05, 3.63) is 12.1 Å². The van der Waals surface area contributed by atoms with Gasteiger partial charge in [0.1, 0.15) is 25.3 Å². The molecule has 0 bridgehead atoms. The van der Waals surface area contributed by atoms with Crippen LogP contribution in [0.4, 0.5) is 0 Å². The molecule has 6 heteroatoms. The van der Waals surface area contributed by atoms with E-state index in [1.54, 1.807) is 12.1 Å². The van der Waals surface area contributed by atoms with Gasteiger partial charge in [0.05, 0.1) is 11.6 Å². The number of ether oxygens (including phenoxy) is 2. The molecule has 1 aliphatic rings. The second-order valence-electron chi connectivity index (χ2n) is 3.39. The molecule has 0 N–H and O–H groups in total. The quantitative estimate of drug-likeness (QED) is 0.702. The first-order chi connectivity index (χ1) is 7.88. The Morgan fingerprint density at radius 2 is 2.06 bits per heavy atom. The maximum atomic E-state index is 8.64. The summed E-state index contributed by atoms with van der Waals surface area (Å²) in [6.45, 7) is 1.26. The molecule has 0 saturated heterocycles. The van der Waals surface area contributed by atoms with Gasteiger partial charge in [0.2, 0.25) is 0 Å². The summed E-state index contributed by atoms with van der Waals surface area (Å²) in [7, 11) is 0.